The summed E-state index contributed by atoms with van der Waals surface area (Å²) in [6.45, 7) is 4.70. The van der Waals surface area contributed by atoms with E-state index in [0.717, 1.165) is 17.1 Å². The van der Waals surface area contributed by atoms with Crippen LogP contribution in [0.5, 0.6) is 0 Å². The second-order valence-corrected chi connectivity index (χ2v) is 4.71. The monoisotopic (exact) mass is 269 g/mol. The lowest BCUT2D eigenvalue weighted by atomic mass is 10.2. The molecule has 2 aromatic rings. The van der Waals surface area contributed by atoms with E-state index in [2.05, 4.69) is 15.5 Å². The molecular formula is C12H13Cl2N3. The fourth-order valence-corrected chi connectivity index (χ4v) is 1.93. The maximum absolute atomic E-state index is 5.95. The van der Waals surface area contributed by atoms with Crippen LogP contribution in [0.1, 0.15) is 17.0 Å². The Balaban J connectivity index is 2.10. The van der Waals surface area contributed by atoms with Gasteiger partial charge in [-0.1, -0.05) is 23.2 Å². The molecule has 90 valence electrons. The summed E-state index contributed by atoms with van der Waals surface area (Å²) in [5.74, 6) is 0. The van der Waals surface area contributed by atoms with E-state index >= 15 is 0 Å². The topological polar surface area (TPSA) is 40.7 Å². The molecule has 0 radical (unpaired) electrons. The van der Waals surface area contributed by atoms with E-state index in [-0.39, 0.29) is 0 Å². The fourth-order valence-electron chi connectivity index (χ4n) is 1.63. The van der Waals surface area contributed by atoms with E-state index in [1.165, 1.54) is 5.56 Å². The summed E-state index contributed by atoms with van der Waals surface area (Å²) in [4.78, 5) is 0. The van der Waals surface area contributed by atoms with Crippen LogP contribution < -0.4 is 5.32 Å². The van der Waals surface area contributed by atoms with Crippen LogP contribution in [0.25, 0.3) is 0 Å². The third kappa shape index (κ3) is 2.73. The quantitative estimate of drug-likeness (QED) is 0.886. The molecule has 2 N–H and O–H groups in total. The molecule has 0 bridgehead atoms. The van der Waals surface area contributed by atoms with Crippen LogP contribution in [0.15, 0.2) is 18.2 Å². The van der Waals surface area contributed by atoms with Crippen molar-refractivity contribution in [2.24, 2.45) is 0 Å². The molecule has 1 aromatic carbocycles. The lowest BCUT2D eigenvalue weighted by molar-refractivity contribution is 1.02. The molecule has 0 amide bonds. The van der Waals surface area contributed by atoms with Crippen molar-refractivity contribution in [1.82, 2.24) is 10.2 Å². The second kappa shape index (κ2) is 4.98. The number of anilines is 1. The number of aromatic nitrogens is 2. The van der Waals surface area contributed by atoms with Gasteiger partial charge < -0.3 is 5.32 Å². The first-order valence-electron chi connectivity index (χ1n) is 5.27. The van der Waals surface area contributed by atoms with Crippen LogP contribution in [-0.4, -0.2) is 10.2 Å². The van der Waals surface area contributed by atoms with Crippen molar-refractivity contribution in [3.05, 3.63) is 45.2 Å². The minimum Gasteiger partial charge on any atom is -0.381 e. The molecule has 0 spiro atoms. The zero-order chi connectivity index (χ0) is 12.4. The normalized spacial score (nSPS) is 10.6. The maximum atomic E-state index is 5.95. The number of aryl methyl sites for hydroxylation is 2. The lowest BCUT2D eigenvalue weighted by Gasteiger charge is -2.07. The maximum Gasteiger partial charge on any atom is 0.0643 e. The van der Waals surface area contributed by atoms with E-state index < -0.39 is 0 Å². The van der Waals surface area contributed by atoms with E-state index in [4.69, 9.17) is 23.2 Å². The van der Waals surface area contributed by atoms with Crippen LogP contribution in [-0.2, 0) is 6.54 Å². The molecule has 5 heteroatoms. The number of hydrogen-bond acceptors (Lipinski definition) is 2. The molecule has 0 saturated heterocycles. The highest BCUT2D eigenvalue weighted by molar-refractivity contribution is 6.42. The van der Waals surface area contributed by atoms with E-state index in [1.54, 1.807) is 6.07 Å². The van der Waals surface area contributed by atoms with Gasteiger partial charge in [0.15, 0.2) is 0 Å². The molecular weight excluding hydrogens is 257 g/mol. The third-order valence-corrected chi connectivity index (χ3v) is 3.41. The van der Waals surface area contributed by atoms with Gasteiger partial charge in [0.05, 0.1) is 15.7 Å². The number of H-pyrrole nitrogens is 1. The summed E-state index contributed by atoms with van der Waals surface area (Å²) in [6, 6.07) is 5.49. The van der Waals surface area contributed by atoms with E-state index in [1.807, 2.05) is 26.0 Å². The number of nitrogens with one attached hydrogen (secondary N) is 2. The van der Waals surface area contributed by atoms with Crippen LogP contribution in [0.4, 0.5) is 5.69 Å². The molecule has 0 aliphatic heterocycles. The standard InChI is InChI=1S/C12H13Cl2N3/c1-7-10(8(2)17-16-7)6-15-9-3-4-11(13)12(14)5-9/h3-5,15H,6H2,1-2H3,(H,16,17). The molecule has 2 rings (SSSR count). The Labute approximate surface area is 110 Å². The highest BCUT2D eigenvalue weighted by atomic mass is 35.5. The molecule has 1 aromatic heterocycles. The van der Waals surface area contributed by atoms with Crippen LogP contribution in [0.3, 0.4) is 0 Å². The van der Waals surface area contributed by atoms with Crippen molar-refractivity contribution in [1.29, 1.82) is 0 Å². The number of aromatic amines is 1. The van der Waals surface area contributed by atoms with Crippen LogP contribution in [0, 0.1) is 13.8 Å². The predicted molar refractivity (Wildman–Crippen MR) is 71.9 cm³/mol. The van der Waals surface area contributed by atoms with Gasteiger partial charge in [-0.3, -0.25) is 5.10 Å². The summed E-state index contributed by atoms with van der Waals surface area (Å²) >= 11 is 11.8. The highest BCUT2D eigenvalue weighted by Crippen LogP contribution is 2.25. The first kappa shape index (κ1) is 12.3. The molecule has 0 unspecified atom stereocenters. The van der Waals surface area contributed by atoms with E-state index in [0.29, 0.717) is 16.6 Å². The lowest BCUT2D eigenvalue weighted by Crippen LogP contribution is -2.01. The molecule has 1 heterocycles. The number of nitrogens with zero attached hydrogens (tertiary/aromatic N) is 1. The molecule has 0 aliphatic rings. The van der Waals surface area contributed by atoms with Gasteiger partial charge in [0.2, 0.25) is 0 Å². The molecule has 3 nitrogen and oxygen atoms in total. The summed E-state index contributed by atoms with van der Waals surface area (Å²) in [6.07, 6.45) is 0. The number of benzene rings is 1. The van der Waals surface area contributed by atoms with Gasteiger partial charge in [-0.05, 0) is 32.0 Å². The minimum absolute atomic E-state index is 0.553. The number of halogens is 2. The Hall–Kier alpha value is -1.19. The fraction of sp³-hybridized carbons (Fsp3) is 0.250. The van der Waals surface area contributed by atoms with Crippen LogP contribution >= 0.6 is 23.2 Å². The Kier molecular flexibility index (Phi) is 3.60. The molecule has 0 atom stereocenters. The highest BCUT2D eigenvalue weighted by Gasteiger charge is 2.06. The Bertz CT molecular complexity index is 515. The van der Waals surface area contributed by atoms with Gasteiger partial charge in [-0.15, -0.1) is 0 Å². The molecule has 0 aliphatic carbocycles. The smallest absolute Gasteiger partial charge is 0.0643 e. The van der Waals surface area contributed by atoms with Crippen molar-refractivity contribution < 1.29 is 0 Å². The van der Waals surface area contributed by atoms with Crippen molar-refractivity contribution in [2.75, 3.05) is 5.32 Å². The summed E-state index contributed by atoms with van der Waals surface area (Å²) < 4.78 is 0. The first-order chi connectivity index (χ1) is 8.08. The summed E-state index contributed by atoms with van der Waals surface area (Å²) in [7, 11) is 0. The summed E-state index contributed by atoms with van der Waals surface area (Å²) in [5, 5.41) is 11.5. The SMILES string of the molecule is Cc1n[nH]c(C)c1CNc1ccc(Cl)c(Cl)c1. The van der Waals surface area contributed by atoms with Gasteiger partial charge in [-0.25, -0.2) is 0 Å². The van der Waals surface area contributed by atoms with Gasteiger partial charge in [0, 0.05) is 23.5 Å². The minimum atomic E-state index is 0.553. The summed E-state index contributed by atoms with van der Waals surface area (Å²) in [5.41, 5.74) is 4.21. The zero-order valence-electron chi connectivity index (χ0n) is 9.64. The average Bonchev–Trinajstić information content (AvgIpc) is 2.61. The zero-order valence-corrected chi connectivity index (χ0v) is 11.2. The molecule has 0 fully saturated rings. The first-order valence-corrected chi connectivity index (χ1v) is 6.03. The van der Waals surface area contributed by atoms with Gasteiger partial charge >= 0.3 is 0 Å². The van der Waals surface area contributed by atoms with Gasteiger partial charge in [-0.2, -0.15) is 5.10 Å². The van der Waals surface area contributed by atoms with Gasteiger partial charge in [0.1, 0.15) is 0 Å². The van der Waals surface area contributed by atoms with Crippen molar-refractivity contribution in [2.45, 2.75) is 20.4 Å². The average molecular weight is 270 g/mol. The second-order valence-electron chi connectivity index (χ2n) is 3.90. The Morgan fingerprint density at radius 3 is 2.59 bits per heavy atom. The predicted octanol–water partition coefficient (Wildman–Crippen LogP) is 3.95. The van der Waals surface area contributed by atoms with Gasteiger partial charge in [0.25, 0.3) is 0 Å². The Morgan fingerprint density at radius 1 is 1.24 bits per heavy atom. The number of hydrogen-bond donors (Lipinski definition) is 2. The van der Waals surface area contributed by atoms with Crippen molar-refractivity contribution in [3.8, 4) is 0 Å². The molecule has 0 saturated carbocycles. The third-order valence-electron chi connectivity index (χ3n) is 2.67. The van der Waals surface area contributed by atoms with E-state index in [9.17, 15) is 0 Å². The van der Waals surface area contributed by atoms with Crippen LogP contribution in [0.2, 0.25) is 10.0 Å². The van der Waals surface area contributed by atoms with Crippen molar-refractivity contribution in [3.63, 3.8) is 0 Å². The number of rotatable bonds is 3. The largest absolute Gasteiger partial charge is 0.381 e. The Morgan fingerprint density at radius 2 is 2.00 bits per heavy atom. The molecule has 17 heavy (non-hydrogen) atoms. The van der Waals surface area contributed by atoms with Crippen molar-refractivity contribution >= 4 is 28.9 Å².